The molecule has 144 valence electrons. The lowest BCUT2D eigenvalue weighted by Gasteiger charge is -2.31. The van der Waals surface area contributed by atoms with Crippen LogP contribution in [0.3, 0.4) is 0 Å². The largest absolute Gasteiger partial charge is 0.375 e. The first-order chi connectivity index (χ1) is 12.8. The summed E-state index contributed by atoms with van der Waals surface area (Å²) in [5, 5.41) is 0. The van der Waals surface area contributed by atoms with Crippen LogP contribution in [-0.4, -0.2) is 45.0 Å². The lowest BCUT2D eigenvalue weighted by molar-refractivity contribution is -0.0124. The van der Waals surface area contributed by atoms with Crippen molar-refractivity contribution < 1.29 is 22.3 Å². The number of halogens is 1. The van der Waals surface area contributed by atoms with Crippen molar-refractivity contribution in [1.29, 1.82) is 0 Å². The fraction of sp³-hybridized carbons (Fsp3) is 0.316. The average Bonchev–Trinajstić information content (AvgIpc) is 2.60. The third-order valence-corrected chi connectivity index (χ3v) is 5.86. The van der Waals surface area contributed by atoms with E-state index in [9.17, 15) is 17.6 Å². The van der Waals surface area contributed by atoms with Gasteiger partial charge in [0.25, 0.3) is 15.9 Å². The molecule has 0 spiro atoms. The number of anilines is 1. The molecule has 3 rings (SSSR count). The number of amides is 1. The van der Waals surface area contributed by atoms with Gasteiger partial charge in [0.1, 0.15) is 5.82 Å². The molecule has 1 saturated heterocycles. The Hall–Kier alpha value is -2.45. The molecule has 1 N–H and O–H groups in total. The van der Waals surface area contributed by atoms with Crippen LogP contribution < -0.4 is 4.72 Å². The van der Waals surface area contributed by atoms with Crippen LogP contribution in [0.25, 0.3) is 0 Å². The second-order valence-electron chi connectivity index (χ2n) is 6.53. The molecule has 1 unspecified atom stereocenters. The molecule has 1 aliphatic rings. The highest BCUT2D eigenvalue weighted by atomic mass is 32.2. The molecular formula is C19H21FN2O4S. The molecule has 0 bridgehead atoms. The summed E-state index contributed by atoms with van der Waals surface area (Å²) in [5.41, 5.74) is 0.961. The maximum absolute atomic E-state index is 13.2. The summed E-state index contributed by atoms with van der Waals surface area (Å²) in [6.07, 6.45) is -0.0363. The van der Waals surface area contributed by atoms with E-state index < -0.39 is 15.8 Å². The lowest BCUT2D eigenvalue weighted by atomic mass is 10.1. The Kier molecular flexibility index (Phi) is 5.48. The monoisotopic (exact) mass is 392 g/mol. The number of morpholine rings is 1. The highest BCUT2D eigenvalue weighted by molar-refractivity contribution is 7.92. The highest BCUT2D eigenvalue weighted by Gasteiger charge is 2.23. The second-order valence-corrected chi connectivity index (χ2v) is 8.18. The van der Waals surface area contributed by atoms with E-state index in [2.05, 4.69) is 4.72 Å². The molecule has 6 nitrogen and oxygen atoms in total. The summed E-state index contributed by atoms with van der Waals surface area (Å²) < 4.78 is 46.4. The van der Waals surface area contributed by atoms with Crippen LogP contribution in [0.1, 0.15) is 22.8 Å². The van der Waals surface area contributed by atoms with Crippen molar-refractivity contribution in [2.45, 2.75) is 24.8 Å². The molecule has 1 atom stereocenters. The van der Waals surface area contributed by atoms with Crippen LogP contribution in [-0.2, 0) is 14.8 Å². The predicted molar refractivity (Wildman–Crippen MR) is 99.7 cm³/mol. The van der Waals surface area contributed by atoms with Crippen molar-refractivity contribution in [3.05, 3.63) is 59.4 Å². The van der Waals surface area contributed by atoms with Crippen molar-refractivity contribution >= 4 is 21.6 Å². The van der Waals surface area contributed by atoms with Crippen molar-refractivity contribution in [1.82, 2.24) is 4.90 Å². The summed E-state index contributed by atoms with van der Waals surface area (Å²) in [4.78, 5) is 14.4. The first-order valence-corrected chi connectivity index (χ1v) is 10.0. The standard InChI is InChI=1S/C19H21FN2O4S/c1-13-10-16(20)6-7-18(13)27(24,25)21-17-5-3-4-15(11-17)19(23)22-8-9-26-14(2)12-22/h3-7,10-11,14,21H,8-9,12H2,1-2H3. The van der Waals surface area contributed by atoms with Crippen molar-refractivity contribution in [3.8, 4) is 0 Å². The van der Waals surface area contributed by atoms with Gasteiger partial charge in [-0.1, -0.05) is 6.07 Å². The van der Waals surface area contributed by atoms with Gasteiger partial charge < -0.3 is 9.64 Å². The van der Waals surface area contributed by atoms with Crippen LogP contribution in [0.2, 0.25) is 0 Å². The number of rotatable bonds is 4. The van der Waals surface area contributed by atoms with E-state index in [0.29, 0.717) is 30.8 Å². The third-order valence-electron chi connectivity index (χ3n) is 4.32. The predicted octanol–water partition coefficient (Wildman–Crippen LogP) is 2.80. The van der Waals surface area contributed by atoms with Gasteiger partial charge in [0, 0.05) is 24.3 Å². The van der Waals surface area contributed by atoms with Gasteiger partial charge in [0.15, 0.2) is 0 Å². The quantitative estimate of drug-likeness (QED) is 0.868. The van der Waals surface area contributed by atoms with E-state index in [1.807, 2.05) is 6.92 Å². The SMILES string of the molecule is Cc1cc(F)ccc1S(=O)(=O)Nc1cccc(C(=O)N2CCOC(C)C2)c1. The van der Waals surface area contributed by atoms with Gasteiger partial charge in [-0.2, -0.15) is 0 Å². The summed E-state index contributed by atoms with van der Waals surface area (Å²) in [7, 11) is -3.90. The third kappa shape index (κ3) is 4.45. The zero-order valence-corrected chi connectivity index (χ0v) is 15.9. The molecule has 0 saturated carbocycles. The number of aryl methyl sites for hydroxylation is 1. The van der Waals surface area contributed by atoms with E-state index in [-0.39, 0.29) is 22.6 Å². The maximum atomic E-state index is 13.2. The molecule has 1 amide bonds. The van der Waals surface area contributed by atoms with E-state index in [1.165, 1.54) is 19.1 Å². The highest BCUT2D eigenvalue weighted by Crippen LogP contribution is 2.21. The fourth-order valence-corrected chi connectivity index (χ4v) is 4.30. The van der Waals surface area contributed by atoms with E-state index in [0.717, 1.165) is 12.1 Å². The van der Waals surface area contributed by atoms with Gasteiger partial charge in [-0.3, -0.25) is 9.52 Å². The first kappa shape index (κ1) is 19.3. The molecule has 0 aromatic heterocycles. The number of carbonyl (C=O) groups is 1. The maximum Gasteiger partial charge on any atom is 0.262 e. The van der Waals surface area contributed by atoms with E-state index in [4.69, 9.17) is 4.74 Å². The van der Waals surface area contributed by atoms with Crippen molar-refractivity contribution in [2.75, 3.05) is 24.4 Å². The molecule has 2 aromatic carbocycles. The molecular weight excluding hydrogens is 371 g/mol. The van der Waals surface area contributed by atoms with Crippen LogP contribution in [0, 0.1) is 12.7 Å². The van der Waals surface area contributed by atoms with Gasteiger partial charge >= 0.3 is 0 Å². The summed E-state index contributed by atoms with van der Waals surface area (Å²) in [5.74, 6) is -0.678. The first-order valence-electron chi connectivity index (χ1n) is 8.56. The van der Waals surface area contributed by atoms with Crippen LogP contribution in [0.15, 0.2) is 47.4 Å². The number of nitrogens with zero attached hydrogens (tertiary/aromatic N) is 1. The molecule has 8 heteroatoms. The van der Waals surface area contributed by atoms with Gasteiger partial charge in [-0.25, -0.2) is 12.8 Å². The van der Waals surface area contributed by atoms with Crippen molar-refractivity contribution in [3.63, 3.8) is 0 Å². The molecule has 0 radical (unpaired) electrons. The molecule has 2 aromatic rings. The number of carbonyl (C=O) groups excluding carboxylic acids is 1. The Morgan fingerprint density at radius 3 is 2.74 bits per heavy atom. The van der Waals surface area contributed by atoms with Gasteiger partial charge in [0.05, 0.1) is 17.6 Å². The van der Waals surface area contributed by atoms with Crippen LogP contribution in [0.5, 0.6) is 0 Å². The van der Waals surface area contributed by atoms with Crippen molar-refractivity contribution in [2.24, 2.45) is 0 Å². The van der Waals surface area contributed by atoms with Gasteiger partial charge in [0.2, 0.25) is 0 Å². The number of benzene rings is 2. The summed E-state index contributed by atoms with van der Waals surface area (Å²) in [6, 6.07) is 9.80. The Balaban J connectivity index is 1.82. The number of ether oxygens (including phenoxy) is 1. The minimum atomic E-state index is -3.90. The van der Waals surface area contributed by atoms with Gasteiger partial charge in [-0.15, -0.1) is 0 Å². The second kappa shape index (κ2) is 7.66. The zero-order valence-electron chi connectivity index (χ0n) is 15.1. The summed E-state index contributed by atoms with van der Waals surface area (Å²) in [6.45, 7) is 4.88. The minimum absolute atomic E-state index is 0.0115. The van der Waals surface area contributed by atoms with Gasteiger partial charge in [-0.05, 0) is 55.8 Å². The minimum Gasteiger partial charge on any atom is -0.375 e. The Bertz CT molecular complexity index is 962. The summed E-state index contributed by atoms with van der Waals surface area (Å²) >= 11 is 0. The molecule has 1 aliphatic heterocycles. The molecule has 1 fully saturated rings. The number of nitrogens with one attached hydrogen (secondary N) is 1. The topological polar surface area (TPSA) is 75.7 Å². The Morgan fingerprint density at radius 2 is 2.04 bits per heavy atom. The smallest absolute Gasteiger partial charge is 0.262 e. The molecule has 1 heterocycles. The van der Waals surface area contributed by atoms with E-state index >= 15 is 0 Å². The molecule has 27 heavy (non-hydrogen) atoms. The number of hydrogen-bond donors (Lipinski definition) is 1. The number of hydrogen-bond acceptors (Lipinski definition) is 4. The Morgan fingerprint density at radius 1 is 1.26 bits per heavy atom. The van der Waals surface area contributed by atoms with Crippen LogP contribution >= 0.6 is 0 Å². The van der Waals surface area contributed by atoms with Crippen LogP contribution in [0.4, 0.5) is 10.1 Å². The van der Waals surface area contributed by atoms with E-state index in [1.54, 1.807) is 23.1 Å². The number of sulfonamides is 1. The lowest BCUT2D eigenvalue weighted by Crippen LogP contribution is -2.44. The Labute approximate surface area is 158 Å². The fourth-order valence-electron chi connectivity index (χ4n) is 3.03. The average molecular weight is 392 g/mol. The molecule has 0 aliphatic carbocycles. The zero-order chi connectivity index (χ0) is 19.6. The normalized spacial score (nSPS) is 17.6.